The lowest BCUT2D eigenvalue weighted by molar-refractivity contribution is -0.138. The summed E-state index contributed by atoms with van der Waals surface area (Å²) in [5.41, 5.74) is 7.23. The monoisotopic (exact) mass is 387 g/mol. The molecule has 2 rings (SSSR count). The largest absolute Gasteiger partial charge is 0.480 e. The van der Waals surface area contributed by atoms with E-state index in [-0.39, 0.29) is 6.54 Å². The molecule has 4 N–H and O–H groups in total. The number of benzene rings is 1. The van der Waals surface area contributed by atoms with E-state index in [1.54, 1.807) is 12.1 Å². The zero-order chi connectivity index (χ0) is 17.9. The first-order valence-electron chi connectivity index (χ1n) is 7.45. The average Bonchev–Trinajstić information content (AvgIpc) is 2.89. The number of aliphatic carboxylic acids is 1. The number of thiazole rings is 1. The highest BCUT2D eigenvalue weighted by Gasteiger charge is 2.17. The van der Waals surface area contributed by atoms with E-state index in [1.807, 2.05) is 6.07 Å². The van der Waals surface area contributed by atoms with Crippen LogP contribution in [0.3, 0.4) is 0 Å². The van der Waals surface area contributed by atoms with Crippen molar-refractivity contribution in [1.82, 2.24) is 4.98 Å². The predicted octanol–water partition coefficient (Wildman–Crippen LogP) is 4.14. The Morgan fingerprint density at radius 2 is 2.08 bits per heavy atom. The van der Waals surface area contributed by atoms with E-state index in [9.17, 15) is 4.79 Å². The number of carbonyl (C=O) groups is 1. The van der Waals surface area contributed by atoms with E-state index in [1.165, 1.54) is 11.3 Å². The number of hydrogen-bond donors (Lipinski definition) is 3. The number of aromatic nitrogens is 1. The molecule has 130 valence electrons. The zero-order valence-corrected chi connectivity index (χ0v) is 15.7. The Kier molecular flexibility index (Phi) is 6.46. The van der Waals surface area contributed by atoms with Gasteiger partial charge < -0.3 is 16.2 Å². The van der Waals surface area contributed by atoms with E-state index in [0.717, 1.165) is 22.6 Å². The molecule has 0 saturated heterocycles. The number of carboxylic acids is 1. The molecule has 1 atom stereocenters. The van der Waals surface area contributed by atoms with E-state index < -0.39 is 12.0 Å². The van der Waals surface area contributed by atoms with Gasteiger partial charge in [-0.3, -0.25) is 4.79 Å². The fourth-order valence-corrected chi connectivity index (χ4v) is 3.59. The van der Waals surface area contributed by atoms with Crippen molar-refractivity contribution < 1.29 is 9.90 Å². The molecule has 0 amide bonds. The number of nitrogens with two attached hydrogens (primary N) is 1. The summed E-state index contributed by atoms with van der Waals surface area (Å²) in [4.78, 5) is 16.5. The van der Waals surface area contributed by atoms with Gasteiger partial charge in [0.25, 0.3) is 0 Å². The smallest absolute Gasteiger partial charge is 0.322 e. The molecule has 24 heavy (non-hydrogen) atoms. The van der Waals surface area contributed by atoms with Crippen LogP contribution in [0.5, 0.6) is 0 Å². The molecule has 2 aromatic rings. The van der Waals surface area contributed by atoms with Crippen LogP contribution in [0.15, 0.2) is 18.2 Å². The van der Waals surface area contributed by atoms with Gasteiger partial charge in [0.1, 0.15) is 6.04 Å². The van der Waals surface area contributed by atoms with Crippen molar-refractivity contribution in [2.45, 2.75) is 26.3 Å². The number of rotatable bonds is 7. The quantitative estimate of drug-likeness (QED) is 0.664. The first kappa shape index (κ1) is 19.0. The lowest BCUT2D eigenvalue weighted by Gasteiger charge is -2.06. The number of nitrogens with zero attached hydrogens (tertiary/aromatic N) is 1. The van der Waals surface area contributed by atoms with Crippen molar-refractivity contribution in [1.29, 1.82) is 0 Å². The second-order valence-corrected chi connectivity index (χ2v) is 7.74. The van der Waals surface area contributed by atoms with Crippen molar-refractivity contribution in [3.63, 3.8) is 0 Å². The van der Waals surface area contributed by atoms with Crippen LogP contribution in [0, 0.1) is 5.92 Å². The fraction of sp³-hybridized carbons (Fsp3) is 0.375. The van der Waals surface area contributed by atoms with Crippen LogP contribution < -0.4 is 11.1 Å². The Morgan fingerprint density at radius 3 is 2.67 bits per heavy atom. The van der Waals surface area contributed by atoms with Crippen molar-refractivity contribution in [3.05, 3.63) is 33.1 Å². The lowest BCUT2D eigenvalue weighted by atomic mass is 10.0. The number of halogens is 2. The second-order valence-electron chi connectivity index (χ2n) is 5.84. The third-order valence-electron chi connectivity index (χ3n) is 3.27. The van der Waals surface area contributed by atoms with Gasteiger partial charge in [-0.05, 0) is 24.5 Å². The van der Waals surface area contributed by atoms with Crippen LogP contribution in [0.1, 0.15) is 18.7 Å². The Hall–Kier alpha value is -1.34. The van der Waals surface area contributed by atoms with Crippen LogP contribution in [-0.4, -0.2) is 28.6 Å². The predicted molar refractivity (Wildman–Crippen MR) is 100 cm³/mol. The minimum Gasteiger partial charge on any atom is -0.480 e. The summed E-state index contributed by atoms with van der Waals surface area (Å²) in [7, 11) is 0. The van der Waals surface area contributed by atoms with Gasteiger partial charge in [-0.2, -0.15) is 0 Å². The van der Waals surface area contributed by atoms with Gasteiger partial charge in [-0.1, -0.05) is 43.1 Å². The number of nitrogens with one attached hydrogen (secondary N) is 1. The third-order valence-corrected chi connectivity index (χ3v) is 5.05. The zero-order valence-electron chi connectivity index (χ0n) is 13.3. The summed E-state index contributed by atoms with van der Waals surface area (Å²) in [5, 5.41) is 13.5. The van der Waals surface area contributed by atoms with E-state index in [0.29, 0.717) is 21.1 Å². The van der Waals surface area contributed by atoms with E-state index >= 15 is 0 Å². The summed E-state index contributed by atoms with van der Waals surface area (Å²) in [5.74, 6) is -0.590. The lowest BCUT2D eigenvalue weighted by Crippen LogP contribution is -2.36. The summed E-state index contributed by atoms with van der Waals surface area (Å²) in [6.45, 7) is 4.38. The molecule has 0 saturated carbocycles. The average molecular weight is 388 g/mol. The van der Waals surface area contributed by atoms with Crippen LogP contribution in [0.25, 0.3) is 11.3 Å². The molecule has 1 unspecified atom stereocenters. The Morgan fingerprint density at radius 1 is 1.38 bits per heavy atom. The molecule has 0 aliphatic rings. The third kappa shape index (κ3) is 4.83. The molecule has 1 aromatic carbocycles. The van der Waals surface area contributed by atoms with Gasteiger partial charge in [0.2, 0.25) is 0 Å². The van der Waals surface area contributed by atoms with E-state index in [2.05, 4.69) is 24.1 Å². The maximum Gasteiger partial charge on any atom is 0.322 e. The van der Waals surface area contributed by atoms with Gasteiger partial charge in [0, 0.05) is 17.0 Å². The minimum absolute atomic E-state index is 0.116. The van der Waals surface area contributed by atoms with Gasteiger partial charge in [0.05, 0.1) is 15.7 Å². The Labute approximate surface area is 154 Å². The van der Waals surface area contributed by atoms with Crippen LogP contribution >= 0.6 is 34.5 Å². The van der Waals surface area contributed by atoms with Gasteiger partial charge >= 0.3 is 5.97 Å². The summed E-state index contributed by atoms with van der Waals surface area (Å²) in [6.07, 6.45) is 0.861. The highest BCUT2D eigenvalue weighted by Crippen LogP contribution is 2.35. The Bertz CT molecular complexity index is 734. The fourth-order valence-electron chi connectivity index (χ4n) is 2.09. The molecule has 8 heteroatoms. The molecule has 0 spiro atoms. The number of hydrogen-bond acceptors (Lipinski definition) is 5. The molecular formula is C16H19Cl2N3O2S. The van der Waals surface area contributed by atoms with E-state index in [4.69, 9.17) is 34.0 Å². The first-order valence-corrected chi connectivity index (χ1v) is 9.02. The normalized spacial score (nSPS) is 12.4. The standard InChI is InChI=1S/C16H19Cl2N3O2S/c1-8(2)5-13-14(9-3-4-10(17)11(18)6-9)21-16(24-13)20-7-12(19)15(22)23/h3-4,6,8,12H,5,7,19H2,1-2H3,(H,20,21)(H,22,23). The molecular weight excluding hydrogens is 369 g/mol. The molecule has 0 fully saturated rings. The van der Waals surface area contributed by atoms with Crippen molar-refractivity contribution >= 4 is 45.6 Å². The molecule has 0 bridgehead atoms. The SMILES string of the molecule is CC(C)Cc1sc(NCC(N)C(=O)O)nc1-c1ccc(Cl)c(Cl)c1. The maximum absolute atomic E-state index is 10.8. The van der Waals surface area contributed by atoms with Gasteiger partial charge in [-0.15, -0.1) is 11.3 Å². The van der Waals surface area contributed by atoms with Gasteiger partial charge in [-0.25, -0.2) is 4.98 Å². The van der Waals surface area contributed by atoms with Crippen LogP contribution in [0.4, 0.5) is 5.13 Å². The van der Waals surface area contributed by atoms with Gasteiger partial charge in [0.15, 0.2) is 5.13 Å². The molecule has 0 aliphatic heterocycles. The highest BCUT2D eigenvalue weighted by atomic mass is 35.5. The number of carboxylic acid groups (broad SMARTS) is 1. The van der Waals surface area contributed by atoms with Crippen molar-refractivity contribution in [2.75, 3.05) is 11.9 Å². The highest BCUT2D eigenvalue weighted by molar-refractivity contribution is 7.16. The molecule has 0 aliphatic carbocycles. The molecule has 1 heterocycles. The summed E-state index contributed by atoms with van der Waals surface area (Å²) in [6, 6.07) is 4.43. The van der Waals surface area contributed by atoms with Crippen molar-refractivity contribution in [3.8, 4) is 11.3 Å². The molecule has 0 radical (unpaired) electrons. The summed E-state index contributed by atoms with van der Waals surface area (Å²) < 4.78 is 0. The second kappa shape index (κ2) is 8.16. The summed E-state index contributed by atoms with van der Waals surface area (Å²) >= 11 is 13.6. The van der Waals surface area contributed by atoms with Crippen LogP contribution in [-0.2, 0) is 11.2 Å². The topological polar surface area (TPSA) is 88.2 Å². The first-order chi connectivity index (χ1) is 11.3. The number of anilines is 1. The van der Waals surface area contributed by atoms with Crippen molar-refractivity contribution in [2.24, 2.45) is 11.7 Å². The molecule has 5 nitrogen and oxygen atoms in total. The Balaban J connectivity index is 2.30. The molecule has 1 aromatic heterocycles. The maximum atomic E-state index is 10.8. The van der Waals surface area contributed by atoms with Crippen LogP contribution in [0.2, 0.25) is 10.0 Å². The minimum atomic E-state index is -1.05.